The number of fused-ring (bicyclic) bond motifs is 7. The van der Waals surface area contributed by atoms with Crippen LogP contribution in [0.5, 0.6) is 0 Å². The Labute approximate surface area is 249 Å². The average molecular weight is 559 g/mol. The van der Waals surface area contributed by atoms with Crippen molar-refractivity contribution in [3.8, 4) is 0 Å². The molecule has 4 fully saturated rings. The predicted molar refractivity (Wildman–Crippen MR) is 165 cm³/mol. The second-order valence-corrected chi connectivity index (χ2v) is 17.0. The summed E-state index contributed by atoms with van der Waals surface area (Å²) in [4.78, 5) is 26.3. The van der Waals surface area contributed by atoms with Gasteiger partial charge in [0.05, 0.1) is 5.41 Å². The first-order valence-electron chi connectivity index (χ1n) is 16.6. The summed E-state index contributed by atoms with van der Waals surface area (Å²) in [6.07, 6.45) is 14.7. The van der Waals surface area contributed by atoms with Gasteiger partial charge >= 0.3 is 5.97 Å². The lowest BCUT2D eigenvalue weighted by molar-refractivity contribution is -0.197. The minimum atomic E-state index is -0.399. The summed E-state index contributed by atoms with van der Waals surface area (Å²) in [5, 5.41) is 0. The van der Waals surface area contributed by atoms with Crippen molar-refractivity contribution in [3.63, 3.8) is 0 Å². The molecular weight excluding hydrogens is 504 g/mol. The largest absolute Gasteiger partial charge is 0.460 e. The van der Waals surface area contributed by atoms with Crippen LogP contribution in [0.2, 0.25) is 0 Å². The molecule has 41 heavy (non-hydrogen) atoms. The van der Waals surface area contributed by atoms with Crippen molar-refractivity contribution in [2.24, 2.45) is 56.2 Å². The zero-order chi connectivity index (χ0) is 29.5. The number of rotatable bonds is 4. The van der Waals surface area contributed by atoms with Crippen LogP contribution >= 0.6 is 0 Å². The molecule has 3 nitrogen and oxygen atoms in total. The smallest absolute Gasteiger partial charge is 0.313 e. The Kier molecular flexibility index (Phi) is 6.80. The van der Waals surface area contributed by atoms with E-state index in [-0.39, 0.29) is 44.9 Å². The van der Waals surface area contributed by atoms with E-state index >= 15 is 0 Å². The summed E-state index contributed by atoms with van der Waals surface area (Å²) in [5.41, 5.74) is 3.08. The van der Waals surface area contributed by atoms with Crippen LogP contribution in [0.3, 0.4) is 0 Å². The summed E-state index contributed by atoms with van der Waals surface area (Å²) >= 11 is 0. The van der Waals surface area contributed by atoms with Crippen LogP contribution in [0.25, 0.3) is 0 Å². The van der Waals surface area contributed by atoms with Crippen LogP contribution < -0.4 is 0 Å². The third-order valence-corrected chi connectivity index (χ3v) is 14.5. The van der Waals surface area contributed by atoms with Gasteiger partial charge in [0.1, 0.15) is 12.9 Å². The summed E-state index contributed by atoms with van der Waals surface area (Å²) < 4.78 is 6.18. The van der Waals surface area contributed by atoms with Gasteiger partial charge in [0, 0.05) is 5.92 Å². The summed E-state index contributed by atoms with van der Waals surface area (Å²) in [5.74, 6) is 1.68. The molecule has 0 radical (unpaired) electrons. The fourth-order valence-electron chi connectivity index (χ4n) is 11.8. The molecule has 0 bridgehead atoms. The molecule has 0 spiro atoms. The van der Waals surface area contributed by atoms with Gasteiger partial charge in [0.2, 0.25) is 0 Å². The fraction of sp³-hybridized carbons (Fsp3) is 0.737. The number of allylic oxidation sites excluding steroid dienone is 2. The number of ether oxygens (including phenoxy) is 1. The zero-order valence-corrected chi connectivity index (χ0v) is 26.9. The van der Waals surface area contributed by atoms with Crippen molar-refractivity contribution in [1.29, 1.82) is 0 Å². The van der Waals surface area contributed by atoms with Crippen molar-refractivity contribution in [2.75, 3.05) is 0 Å². The second kappa shape index (κ2) is 9.55. The van der Waals surface area contributed by atoms with Gasteiger partial charge in [0.15, 0.2) is 0 Å². The standard InChI is InChI=1S/C38H54O3/c1-33(2)19-21-38(32(40)41-25-26-11-9-8-10-12-26)22-20-36(6)28(29(38)23-33)13-14-31-35(5)17-15-27(24-39)34(3,4)30(35)16-18-37(31,36)7/h8-13,24,27,29-31H,14-23,25H2,1-7H3/t27-,29?,30?,31?,35+,36-,37-,38+/m1/s1. The third-order valence-electron chi connectivity index (χ3n) is 14.5. The molecule has 0 N–H and O–H groups in total. The molecule has 3 unspecified atom stereocenters. The van der Waals surface area contributed by atoms with Crippen LogP contribution in [0, 0.1) is 56.2 Å². The summed E-state index contributed by atoms with van der Waals surface area (Å²) in [7, 11) is 0. The molecule has 0 aliphatic heterocycles. The van der Waals surface area contributed by atoms with E-state index < -0.39 is 5.41 Å². The van der Waals surface area contributed by atoms with Gasteiger partial charge in [-0.2, -0.15) is 0 Å². The molecule has 5 aliphatic carbocycles. The van der Waals surface area contributed by atoms with E-state index in [1.807, 2.05) is 18.2 Å². The summed E-state index contributed by atoms with van der Waals surface area (Å²) in [6.45, 7) is 17.7. The fourth-order valence-corrected chi connectivity index (χ4v) is 11.8. The highest BCUT2D eigenvalue weighted by atomic mass is 16.5. The van der Waals surface area contributed by atoms with Gasteiger partial charge in [0.25, 0.3) is 0 Å². The number of aldehydes is 1. The van der Waals surface area contributed by atoms with Crippen LogP contribution in [-0.4, -0.2) is 12.3 Å². The number of esters is 1. The first kappa shape index (κ1) is 29.2. The van der Waals surface area contributed by atoms with Gasteiger partial charge in [-0.05, 0) is 115 Å². The molecule has 1 aromatic rings. The number of carbonyl (C=O) groups excluding carboxylic acids is 2. The highest BCUT2D eigenvalue weighted by Crippen LogP contribution is 2.76. The molecule has 1 aromatic carbocycles. The Balaban J connectivity index is 1.36. The Morgan fingerprint density at radius 2 is 1.59 bits per heavy atom. The van der Waals surface area contributed by atoms with Crippen LogP contribution in [0.1, 0.15) is 118 Å². The molecule has 4 saturated carbocycles. The molecular formula is C38H54O3. The Hall–Kier alpha value is -1.90. The number of carbonyl (C=O) groups is 2. The van der Waals surface area contributed by atoms with Crippen molar-refractivity contribution < 1.29 is 14.3 Å². The van der Waals surface area contributed by atoms with Crippen LogP contribution in [0.4, 0.5) is 0 Å². The lowest BCUT2D eigenvalue weighted by Gasteiger charge is -2.71. The van der Waals surface area contributed by atoms with E-state index in [9.17, 15) is 9.59 Å². The third kappa shape index (κ3) is 4.10. The molecule has 224 valence electrons. The average Bonchev–Trinajstić information content (AvgIpc) is 2.92. The molecule has 0 heterocycles. The highest BCUT2D eigenvalue weighted by Gasteiger charge is 2.69. The normalized spacial score (nSPS) is 44.2. The molecule has 6 rings (SSSR count). The molecule has 0 amide bonds. The summed E-state index contributed by atoms with van der Waals surface area (Å²) in [6, 6.07) is 10.2. The first-order chi connectivity index (χ1) is 19.2. The lowest BCUT2D eigenvalue weighted by Crippen LogP contribution is -2.64. The quantitative estimate of drug-likeness (QED) is 0.210. The monoisotopic (exact) mass is 558 g/mol. The van der Waals surface area contributed by atoms with E-state index in [4.69, 9.17) is 4.74 Å². The second-order valence-electron chi connectivity index (χ2n) is 17.0. The van der Waals surface area contributed by atoms with Gasteiger partial charge in [-0.3, -0.25) is 4.79 Å². The number of hydrogen-bond acceptors (Lipinski definition) is 3. The van der Waals surface area contributed by atoms with E-state index in [2.05, 4.69) is 66.7 Å². The number of hydrogen-bond donors (Lipinski definition) is 0. The minimum Gasteiger partial charge on any atom is -0.460 e. The van der Waals surface area contributed by atoms with E-state index in [0.717, 1.165) is 56.9 Å². The Morgan fingerprint density at radius 3 is 2.29 bits per heavy atom. The maximum absolute atomic E-state index is 14.2. The topological polar surface area (TPSA) is 43.4 Å². The maximum atomic E-state index is 14.2. The first-order valence-corrected chi connectivity index (χ1v) is 16.6. The zero-order valence-electron chi connectivity index (χ0n) is 26.9. The van der Waals surface area contributed by atoms with E-state index in [1.165, 1.54) is 19.1 Å². The van der Waals surface area contributed by atoms with E-state index in [1.54, 1.807) is 5.57 Å². The lowest BCUT2D eigenvalue weighted by atomic mass is 9.33. The van der Waals surface area contributed by atoms with Crippen molar-refractivity contribution >= 4 is 12.3 Å². The van der Waals surface area contributed by atoms with Crippen molar-refractivity contribution in [1.82, 2.24) is 0 Å². The SMILES string of the molecule is CC1(C)CC[C@]2(C(=O)OCc3ccccc3)CC[C@]3(C)C(=CCC4[C@@]5(C)CC[C@H](C=O)C(C)(C)C5CC[C@]43C)C2C1. The number of benzene rings is 1. The van der Waals surface area contributed by atoms with Gasteiger partial charge in [-0.1, -0.05) is 90.4 Å². The van der Waals surface area contributed by atoms with Gasteiger partial charge in [-0.15, -0.1) is 0 Å². The molecule has 0 saturated heterocycles. The molecule has 5 aliphatic rings. The minimum absolute atomic E-state index is 0.0432. The maximum Gasteiger partial charge on any atom is 0.313 e. The van der Waals surface area contributed by atoms with Gasteiger partial charge < -0.3 is 9.53 Å². The van der Waals surface area contributed by atoms with Crippen molar-refractivity contribution in [3.05, 3.63) is 47.5 Å². The van der Waals surface area contributed by atoms with E-state index in [0.29, 0.717) is 18.4 Å². The predicted octanol–water partition coefficient (Wildman–Crippen LogP) is 9.35. The Bertz CT molecular complexity index is 1230. The van der Waals surface area contributed by atoms with Crippen LogP contribution in [-0.2, 0) is 20.9 Å². The highest BCUT2D eigenvalue weighted by molar-refractivity contribution is 5.79. The van der Waals surface area contributed by atoms with Gasteiger partial charge in [-0.25, -0.2) is 0 Å². The molecule has 3 heteroatoms. The van der Waals surface area contributed by atoms with Crippen LogP contribution in [0.15, 0.2) is 42.0 Å². The van der Waals surface area contributed by atoms with Crippen molar-refractivity contribution in [2.45, 2.75) is 119 Å². The Morgan fingerprint density at radius 1 is 0.878 bits per heavy atom. The molecule has 8 atom stereocenters. The molecule has 0 aromatic heterocycles.